The van der Waals surface area contributed by atoms with Crippen LogP contribution in [-0.4, -0.2) is 21.7 Å². The molecule has 1 heterocycles. The molecule has 4 aromatic rings. The first-order valence-electron chi connectivity index (χ1n) is 11.1. The Morgan fingerprint density at radius 1 is 0.943 bits per heavy atom. The predicted molar refractivity (Wildman–Crippen MR) is 136 cm³/mol. The number of aliphatic hydroxyl groups excluding tert-OH is 1. The smallest absolute Gasteiger partial charge is 0.194 e. The number of aromatic nitrogens is 1. The Kier molecular flexibility index (Phi) is 7.84. The van der Waals surface area contributed by atoms with Crippen molar-refractivity contribution >= 4 is 22.5 Å². The van der Waals surface area contributed by atoms with Crippen molar-refractivity contribution in [3.05, 3.63) is 100 Å². The summed E-state index contributed by atoms with van der Waals surface area (Å²) in [4.78, 5) is 27.8. The van der Waals surface area contributed by atoms with E-state index in [4.69, 9.17) is 10.1 Å². The topological polar surface area (TPSA) is 67.3 Å². The molecule has 0 bridgehead atoms. The summed E-state index contributed by atoms with van der Waals surface area (Å²) >= 11 is 0. The maximum absolute atomic E-state index is 12.9. The van der Waals surface area contributed by atoms with Crippen LogP contribution in [0, 0.1) is 26.8 Å². The third-order valence-electron chi connectivity index (χ3n) is 5.70. The van der Waals surface area contributed by atoms with Crippen LogP contribution >= 0.6 is 0 Å². The number of pyridine rings is 1. The van der Waals surface area contributed by atoms with Crippen molar-refractivity contribution < 1.29 is 34.8 Å². The molecule has 0 saturated heterocycles. The van der Waals surface area contributed by atoms with Crippen molar-refractivity contribution in [2.45, 2.75) is 34.6 Å². The molecule has 179 valence electrons. The van der Waals surface area contributed by atoms with E-state index >= 15 is 0 Å². The zero-order chi connectivity index (χ0) is 24.6. The molecule has 5 rings (SSSR count). The molecule has 0 atom stereocenters. The van der Waals surface area contributed by atoms with E-state index in [-0.39, 0.29) is 37.4 Å². The van der Waals surface area contributed by atoms with Crippen LogP contribution < -0.4 is 0 Å². The molecule has 35 heavy (non-hydrogen) atoms. The van der Waals surface area contributed by atoms with E-state index in [1.54, 1.807) is 0 Å². The first kappa shape index (κ1) is 26.2. The summed E-state index contributed by atoms with van der Waals surface area (Å²) in [6, 6.07) is 21.7. The van der Waals surface area contributed by atoms with Crippen LogP contribution in [0.3, 0.4) is 0 Å². The summed E-state index contributed by atoms with van der Waals surface area (Å²) in [5.74, 6) is 0.0308. The van der Waals surface area contributed by atoms with Crippen molar-refractivity contribution in [2.24, 2.45) is 0 Å². The van der Waals surface area contributed by atoms with Gasteiger partial charge in [-0.15, -0.1) is 34.9 Å². The van der Waals surface area contributed by atoms with E-state index in [0.717, 1.165) is 55.5 Å². The van der Waals surface area contributed by atoms with Gasteiger partial charge in [0.1, 0.15) is 0 Å². The summed E-state index contributed by atoms with van der Waals surface area (Å²) < 4.78 is 0. The Hall–Kier alpha value is -3.40. The van der Waals surface area contributed by atoms with E-state index in [1.165, 1.54) is 25.5 Å². The van der Waals surface area contributed by atoms with Crippen LogP contribution in [0.5, 0.6) is 0 Å². The van der Waals surface area contributed by atoms with Gasteiger partial charge in [0.25, 0.3) is 0 Å². The van der Waals surface area contributed by atoms with Crippen molar-refractivity contribution in [3.63, 3.8) is 0 Å². The fourth-order valence-electron chi connectivity index (χ4n) is 4.40. The fraction of sp³-hybridized carbons (Fsp3) is 0.167. The molecule has 1 aliphatic carbocycles. The molecule has 5 heteroatoms. The summed E-state index contributed by atoms with van der Waals surface area (Å²) in [5.41, 5.74) is 9.77. The Morgan fingerprint density at radius 2 is 1.69 bits per heavy atom. The van der Waals surface area contributed by atoms with E-state index < -0.39 is 0 Å². The maximum Gasteiger partial charge on any atom is 0.194 e. The van der Waals surface area contributed by atoms with Gasteiger partial charge in [-0.3, -0.25) is 14.6 Å². The van der Waals surface area contributed by atoms with Crippen LogP contribution in [0.2, 0.25) is 0 Å². The molecule has 0 spiro atoms. The molecule has 3 aromatic carbocycles. The third kappa shape index (κ3) is 5.48. The molecule has 0 unspecified atom stereocenters. The number of hydrogen-bond donors (Lipinski definition) is 1. The second kappa shape index (κ2) is 10.5. The molecule has 1 N–H and O–H groups in total. The second-order valence-corrected chi connectivity index (χ2v) is 8.76. The Balaban J connectivity index is 0.000000378. The van der Waals surface area contributed by atoms with Gasteiger partial charge in [0.2, 0.25) is 0 Å². The average Bonchev–Trinajstić information content (AvgIpc) is 3.03. The number of rotatable bonds is 2. The van der Waals surface area contributed by atoms with Crippen molar-refractivity contribution in [1.29, 1.82) is 0 Å². The zero-order valence-electron chi connectivity index (χ0n) is 20.3. The number of carbonyl (C=O) groups excluding carboxylic acids is 2. The number of nitrogens with zero attached hydrogens (tertiary/aromatic N) is 1. The Labute approximate surface area is 219 Å². The number of fused-ring (bicyclic) bond motifs is 4. The maximum atomic E-state index is 12.9. The summed E-state index contributed by atoms with van der Waals surface area (Å²) in [6.45, 7) is 9.03. The number of aryl methyl sites for hydroxylation is 3. The van der Waals surface area contributed by atoms with Gasteiger partial charge in [-0.2, -0.15) is 0 Å². The number of ketones is 2. The first-order valence-corrected chi connectivity index (χ1v) is 11.1. The largest absolute Gasteiger partial charge is 0.512 e. The molecule has 1 aliphatic rings. The van der Waals surface area contributed by atoms with Crippen LogP contribution in [-0.2, 0) is 24.9 Å². The van der Waals surface area contributed by atoms with Gasteiger partial charge in [-0.25, -0.2) is 0 Å². The molecular weight excluding hydrogens is 615 g/mol. The van der Waals surface area contributed by atoms with Crippen LogP contribution in [0.1, 0.15) is 46.5 Å². The monoisotopic (exact) mass is 641 g/mol. The second-order valence-electron chi connectivity index (χ2n) is 8.76. The SMILES string of the molecule is CC(=O)/C=C(/C)O.Cc1[c-]c(-c2ccc3cc4c(cc3n2)C(=O)c2cccc(C)c2-4)cc(C)c1.[Ir]. The van der Waals surface area contributed by atoms with Gasteiger partial charge in [0.15, 0.2) is 11.6 Å². The third-order valence-corrected chi connectivity index (χ3v) is 5.70. The van der Waals surface area contributed by atoms with Crippen molar-refractivity contribution in [2.75, 3.05) is 0 Å². The standard InChI is InChI=1S/C25H18NO.C5H8O2.Ir/c1-14-9-15(2)11-18(10-14)22-8-7-17-12-20-21(13-23(17)26-22)25(27)19-6-4-5-16(3)24(19)20;1-4(6)3-5(2)7;/h4-10,12-13H,1-3H3;3,6H,1-2H3;/q-1;;/b;4-3-;. The van der Waals surface area contributed by atoms with Gasteiger partial charge in [-0.1, -0.05) is 44.2 Å². The number of allylic oxidation sites excluding steroid dienone is 2. The Morgan fingerprint density at radius 3 is 2.31 bits per heavy atom. The molecular formula is C30H26IrNO3-. The van der Waals surface area contributed by atoms with Gasteiger partial charge < -0.3 is 5.11 Å². The predicted octanol–water partition coefficient (Wildman–Crippen LogP) is 6.87. The summed E-state index contributed by atoms with van der Waals surface area (Å²) in [7, 11) is 0. The van der Waals surface area contributed by atoms with Crippen LogP contribution in [0.4, 0.5) is 0 Å². The number of hydrogen-bond acceptors (Lipinski definition) is 4. The number of aliphatic hydroxyl groups is 1. The van der Waals surface area contributed by atoms with E-state index in [1.807, 2.05) is 31.2 Å². The molecule has 4 nitrogen and oxygen atoms in total. The number of carbonyl (C=O) groups is 2. The minimum atomic E-state index is -0.125. The minimum absolute atomic E-state index is 0. The summed E-state index contributed by atoms with van der Waals surface area (Å²) in [5, 5.41) is 9.41. The van der Waals surface area contributed by atoms with Crippen molar-refractivity contribution in [1.82, 2.24) is 4.98 Å². The average molecular weight is 641 g/mol. The Bertz CT molecular complexity index is 1480. The van der Waals surface area contributed by atoms with Gasteiger partial charge in [-0.05, 0) is 60.7 Å². The molecule has 0 saturated carbocycles. The molecule has 0 fully saturated rings. The van der Waals surface area contributed by atoms with E-state index in [0.29, 0.717) is 0 Å². The number of benzene rings is 3. The normalized spacial score (nSPS) is 11.8. The van der Waals surface area contributed by atoms with Crippen LogP contribution in [0.15, 0.2) is 66.4 Å². The molecule has 1 radical (unpaired) electrons. The minimum Gasteiger partial charge on any atom is -0.512 e. The molecule has 0 amide bonds. The summed E-state index contributed by atoms with van der Waals surface area (Å²) in [6.07, 6.45) is 1.17. The fourth-order valence-corrected chi connectivity index (χ4v) is 4.40. The van der Waals surface area contributed by atoms with Gasteiger partial charge >= 0.3 is 0 Å². The van der Waals surface area contributed by atoms with Gasteiger partial charge in [0, 0.05) is 37.3 Å². The quantitative estimate of drug-likeness (QED) is 0.130. The van der Waals surface area contributed by atoms with Crippen LogP contribution in [0.25, 0.3) is 33.3 Å². The zero-order valence-corrected chi connectivity index (χ0v) is 22.7. The van der Waals surface area contributed by atoms with Gasteiger partial charge in [0.05, 0.1) is 11.3 Å². The van der Waals surface area contributed by atoms with Crippen molar-refractivity contribution in [3.8, 4) is 22.4 Å². The molecule has 0 aliphatic heterocycles. The molecule has 1 aromatic heterocycles. The first-order chi connectivity index (χ1) is 16.1. The van der Waals surface area contributed by atoms with E-state index in [2.05, 4.69) is 50.2 Å². The van der Waals surface area contributed by atoms with E-state index in [9.17, 15) is 9.59 Å².